The van der Waals surface area contributed by atoms with Crippen LogP contribution < -0.4 is 4.90 Å². The maximum Gasteiger partial charge on any atom is 0.167 e. The van der Waals surface area contributed by atoms with Crippen LogP contribution in [0, 0.1) is 0 Å². The van der Waals surface area contributed by atoms with Gasteiger partial charge in [0.15, 0.2) is 5.78 Å². The van der Waals surface area contributed by atoms with Crippen LogP contribution in [-0.2, 0) is 25.1 Å². The summed E-state index contributed by atoms with van der Waals surface area (Å²) in [5, 5.41) is 0. The Morgan fingerprint density at radius 2 is 2.07 bits per heavy atom. The Morgan fingerprint density at radius 3 is 2.87 bits per heavy atom. The smallest absolute Gasteiger partial charge is 0.167 e. The first-order valence-electron chi connectivity index (χ1n) is 10.3. The van der Waals surface area contributed by atoms with Gasteiger partial charge in [-0.25, -0.2) is 15.0 Å². The minimum atomic E-state index is 0.110. The second kappa shape index (κ2) is 8.96. The lowest BCUT2D eigenvalue weighted by Gasteiger charge is -2.29. The second-order valence-electron chi connectivity index (χ2n) is 7.99. The number of carbonyl (C=O) groups excluding carboxylic acids is 1. The maximum absolute atomic E-state index is 12.9. The van der Waals surface area contributed by atoms with Crippen LogP contribution in [0.15, 0.2) is 48.8 Å². The molecule has 0 fully saturated rings. The van der Waals surface area contributed by atoms with E-state index >= 15 is 0 Å². The maximum atomic E-state index is 12.9. The first-order chi connectivity index (χ1) is 14.5. The fourth-order valence-electron chi connectivity index (χ4n) is 3.74. The van der Waals surface area contributed by atoms with Gasteiger partial charge in [-0.1, -0.05) is 38.1 Å². The molecule has 0 N–H and O–H groups in total. The minimum Gasteiger partial charge on any atom is -0.352 e. The van der Waals surface area contributed by atoms with Gasteiger partial charge in [-0.05, 0) is 29.2 Å². The highest BCUT2D eigenvalue weighted by Crippen LogP contribution is 2.23. The van der Waals surface area contributed by atoms with Crippen LogP contribution in [-0.4, -0.2) is 27.3 Å². The average molecular weight is 419 g/mol. The first-order valence-corrected chi connectivity index (χ1v) is 10.9. The van der Waals surface area contributed by atoms with Gasteiger partial charge in [0.1, 0.15) is 11.6 Å². The zero-order chi connectivity index (χ0) is 21.1. The lowest BCUT2D eigenvalue weighted by Crippen LogP contribution is -2.32. The van der Waals surface area contributed by atoms with Crippen molar-refractivity contribution in [2.45, 2.75) is 44.9 Å². The van der Waals surface area contributed by atoms with Gasteiger partial charge in [0.05, 0.1) is 11.4 Å². The third kappa shape index (κ3) is 4.54. The van der Waals surface area contributed by atoms with Crippen LogP contribution >= 0.6 is 12.6 Å². The number of benzene rings is 1. The highest BCUT2D eigenvalue weighted by atomic mass is 32.1. The Kier molecular flexibility index (Phi) is 6.13. The molecule has 0 amide bonds. The standard InChI is InChI=1S/C24H26N4OS/c1-16(2)18-5-3-4-17(10-18)11-22(29)19-6-8-25-24(12-19)28-9-7-21-20(14-28)13-26-23(15-30)27-21/h3-6,8,10,12-13,16,30H,7,9,11,14-15H2,1-2H3. The summed E-state index contributed by atoms with van der Waals surface area (Å²) in [6.45, 7) is 5.84. The van der Waals surface area contributed by atoms with E-state index in [1.165, 1.54) is 5.56 Å². The lowest BCUT2D eigenvalue weighted by molar-refractivity contribution is 0.0993. The number of ketones is 1. The summed E-state index contributed by atoms with van der Waals surface area (Å²) in [6.07, 6.45) is 4.84. The third-order valence-corrected chi connectivity index (χ3v) is 5.78. The number of anilines is 1. The molecule has 0 radical (unpaired) electrons. The lowest BCUT2D eigenvalue weighted by atomic mass is 9.97. The van der Waals surface area contributed by atoms with Gasteiger partial charge in [-0.15, -0.1) is 0 Å². The number of nitrogens with zero attached hydrogens (tertiary/aromatic N) is 4. The Hall–Kier alpha value is -2.73. The largest absolute Gasteiger partial charge is 0.352 e. The van der Waals surface area contributed by atoms with E-state index in [1.807, 2.05) is 24.4 Å². The van der Waals surface area contributed by atoms with Crippen molar-refractivity contribution in [2.75, 3.05) is 11.4 Å². The molecule has 1 aliphatic rings. The fourth-order valence-corrected chi connectivity index (χ4v) is 3.90. The van der Waals surface area contributed by atoms with E-state index in [-0.39, 0.29) is 5.78 Å². The first kappa shape index (κ1) is 20.5. The summed E-state index contributed by atoms with van der Waals surface area (Å²) in [5.41, 5.74) is 5.19. The van der Waals surface area contributed by atoms with E-state index in [0.29, 0.717) is 30.2 Å². The monoisotopic (exact) mass is 418 g/mol. The van der Waals surface area contributed by atoms with Crippen molar-refractivity contribution in [1.82, 2.24) is 15.0 Å². The molecule has 6 heteroatoms. The van der Waals surface area contributed by atoms with Crippen LogP contribution in [0.1, 0.15) is 58.3 Å². The summed E-state index contributed by atoms with van der Waals surface area (Å²) in [7, 11) is 0. The Balaban J connectivity index is 1.50. The van der Waals surface area contributed by atoms with Gasteiger partial charge >= 0.3 is 0 Å². The van der Waals surface area contributed by atoms with Crippen LogP contribution in [0.25, 0.3) is 0 Å². The van der Waals surface area contributed by atoms with E-state index in [2.05, 4.69) is 58.5 Å². The van der Waals surface area contributed by atoms with Gasteiger partial charge in [0, 0.05) is 49.5 Å². The summed E-state index contributed by atoms with van der Waals surface area (Å²) in [6, 6.07) is 12.0. The van der Waals surface area contributed by atoms with Gasteiger partial charge in [0.25, 0.3) is 0 Å². The van der Waals surface area contributed by atoms with Gasteiger partial charge in [-0.2, -0.15) is 12.6 Å². The number of rotatable bonds is 6. The topological polar surface area (TPSA) is 59.0 Å². The number of carbonyl (C=O) groups is 1. The highest BCUT2D eigenvalue weighted by Gasteiger charge is 2.20. The van der Waals surface area contributed by atoms with Crippen molar-refractivity contribution in [2.24, 2.45) is 0 Å². The molecule has 1 aromatic carbocycles. The molecular weight excluding hydrogens is 392 g/mol. The van der Waals surface area contributed by atoms with Crippen molar-refractivity contribution >= 4 is 24.2 Å². The molecule has 0 bridgehead atoms. The molecule has 0 spiro atoms. The minimum absolute atomic E-state index is 0.110. The molecule has 2 aromatic heterocycles. The predicted octanol–water partition coefficient (Wildman–Crippen LogP) is 4.41. The summed E-state index contributed by atoms with van der Waals surface area (Å²) >= 11 is 4.26. The predicted molar refractivity (Wildman–Crippen MR) is 122 cm³/mol. The summed E-state index contributed by atoms with van der Waals surface area (Å²) in [5.74, 6) is 2.68. The quantitative estimate of drug-likeness (QED) is 0.475. The van der Waals surface area contributed by atoms with Crippen molar-refractivity contribution in [1.29, 1.82) is 0 Å². The SMILES string of the molecule is CC(C)c1cccc(CC(=O)c2ccnc(N3CCc4nc(CS)ncc4C3)c2)c1. The van der Waals surface area contributed by atoms with Gasteiger partial charge in [0.2, 0.25) is 0 Å². The molecular formula is C24H26N4OS. The Labute approximate surface area is 183 Å². The molecule has 1 aliphatic heterocycles. The van der Waals surface area contributed by atoms with Crippen molar-refractivity contribution < 1.29 is 4.79 Å². The van der Waals surface area contributed by atoms with Gasteiger partial charge in [-0.3, -0.25) is 4.79 Å². The average Bonchev–Trinajstić information content (AvgIpc) is 2.78. The second-order valence-corrected chi connectivity index (χ2v) is 8.31. The van der Waals surface area contributed by atoms with Crippen LogP contribution in [0.3, 0.4) is 0 Å². The number of fused-ring (bicyclic) bond motifs is 1. The number of pyridine rings is 1. The molecule has 154 valence electrons. The van der Waals surface area contributed by atoms with Crippen LogP contribution in [0.4, 0.5) is 5.82 Å². The number of hydrogen-bond acceptors (Lipinski definition) is 6. The molecule has 0 saturated heterocycles. The summed E-state index contributed by atoms with van der Waals surface area (Å²) in [4.78, 5) is 28.6. The third-order valence-electron chi connectivity index (χ3n) is 5.50. The fraction of sp³-hybridized carbons (Fsp3) is 0.333. The zero-order valence-electron chi connectivity index (χ0n) is 17.4. The molecule has 30 heavy (non-hydrogen) atoms. The molecule has 4 rings (SSSR count). The molecule has 0 aliphatic carbocycles. The van der Waals surface area contributed by atoms with Crippen LogP contribution in [0.2, 0.25) is 0 Å². The molecule has 0 atom stereocenters. The molecule has 0 unspecified atom stereocenters. The van der Waals surface area contributed by atoms with Gasteiger partial charge < -0.3 is 4.90 Å². The number of thiol groups is 1. The van der Waals surface area contributed by atoms with Crippen molar-refractivity contribution in [3.63, 3.8) is 0 Å². The number of Topliss-reactive ketones (excluding diaryl/α,β-unsaturated/α-hetero) is 1. The summed E-state index contributed by atoms with van der Waals surface area (Å²) < 4.78 is 0. The van der Waals surface area contributed by atoms with Crippen molar-refractivity contribution in [3.8, 4) is 0 Å². The van der Waals surface area contributed by atoms with Crippen molar-refractivity contribution in [3.05, 3.63) is 82.6 Å². The molecule has 0 saturated carbocycles. The van der Waals surface area contributed by atoms with E-state index in [9.17, 15) is 4.79 Å². The molecule has 3 heterocycles. The van der Waals surface area contributed by atoms with Crippen LogP contribution in [0.5, 0.6) is 0 Å². The number of aromatic nitrogens is 3. The number of hydrogen-bond donors (Lipinski definition) is 1. The molecule has 3 aromatic rings. The molecule has 5 nitrogen and oxygen atoms in total. The Morgan fingerprint density at radius 1 is 1.20 bits per heavy atom. The van der Waals surface area contributed by atoms with E-state index < -0.39 is 0 Å². The van der Waals surface area contributed by atoms with E-state index in [4.69, 9.17) is 0 Å². The highest BCUT2D eigenvalue weighted by molar-refractivity contribution is 7.79. The normalized spacial score (nSPS) is 13.4. The zero-order valence-corrected chi connectivity index (χ0v) is 18.3. The van der Waals surface area contributed by atoms with E-state index in [1.54, 1.807) is 12.3 Å². The van der Waals surface area contributed by atoms with E-state index in [0.717, 1.165) is 41.4 Å². The Bertz CT molecular complexity index is 1070.